The van der Waals surface area contributed by atoms with Gasteiger partial charge in [0.1, 0.15) is 0 Å². The Morgan fingerprint density at radius 2 is 1.56 bits per heavy atom. The van der Waals surface area contributed by atoms with Gasteiger partial charge in [0.05, 0.1) is 11.1 Å². The fourth-order valence-corrected chi connectivity index (χ4v) is 1.96. The Morgan fingerprint density at radius 3 is 2.06 bits per heavy atom. The number of unbranched alkanes of at least 4 members (excludes halogenated alkanes) is 2. The van der Waals surface area contributed by atoms with Gasteiger partial charge in [-0.15, -0.1) is 0 Å². The van der Waals surface area contributed by atoms with Crippen molar-refractivity contribution in [3.8, 4) is 0 Å². The molecule has 0 saturated heterocycles. The van der Waals surface area contributed by atoms with E-state index >= 15 is 0 Å². The van der Waals surface area contributed by atoms with Crippen molar-refractivity contribution < 1.29 is 9.59 Å². The molecule has 1 heterocycles. The molecule has 0 aliphatic carbocycles. The molecule has 1 aliphatic heterocycles. The van der Waals surface area contributed by atoms with Crippen molar-refractivity contribution >= 4 is 11.8 Å². The average molecular weight is 217 g/mol. The van der Waals surface area contributed by atoms with Crippen LogP contribution in [0.15, 0.2) is 24.3 Å². The summed E-state index contributed by atoms with van der Waals surface area (Å²) < 4.78 is 0. The Bertz CT molecular complexity index is 391. The largest absolute Gasteiger partial charge is 0.274 e. The van der Waals surface area contributed by atoms with Crippen LogP contribution in [0.1, 0.15) is 46.9 Å². The van der Waals surface area contributed by atoms with Gasteiger partial charge in [0.25, 0.3) is 11.8 Å². The van der Waals surface area contributed by atoms with Crippen LogP contribution in [0.4, 0.5) is 0 Å². The summed E-state index contributed by atoms with van der Waals surface area (Å²) in [5, 5.41) is 0. The van der Waals surface area contributed by atoms with E-state index in [-0.39, 0.29) is 11.8 Å². The van der Waals surface area contributed by atoms with Crippen molar-refractivity contribution in [1.82, 2.24) is 4.90 Å². The van der Waals surface area contributed by atoms with Crippen LogP contribution in [0.3, 0.4) is 0 Å². The van der Waals surface area contributed by atoms with Crippen LogP contribution in [-0.4, -0.2) is 23.3 Å². The molecule has 0 fully saturated rings. The maximum absolute atomic E-state index is 11.9. The molecular formula is C13H15NO2. The normalized spacial score (nSPS) is 14.4. The predicted molar refractivity (Wildman–Crippen MR) is 61.3 cm³/mol. The Hall–Kier alpha value is -1.64. The summed E-state index contributed by atoms with van der Waals surface area (Å²) in [4.78, 5) is 25.2. The number of hydrogen-bond donors (Lipinski definition) is 0. The highest BCUT2D eigenvalue weighted by Gasteiger charge is 2.34. The van der Waals surface area contributed by atoms with Crippen molar-refractivity contribution in [2.45, 2.75) is 26.2 Å². The molecule has 0 N–H and O–H groups in total. The summed E-state index contributed by atoms with van der Waals surface area (Å²) in [5.41, 5.74) is 1.09. The summed E-state index contributed by atoms with van der Waals surface area (Å²) in [6, 6.07) is 7.02. The summed E-state index contributed by atoms with van der Waals surface area (Å²) in [7, 11) is 0. The molecule has 1 aromatic carbocycles. The molecule has 3 nitrogen and oxygen atoms in total. The van der Waals surface area contributed by atoms with E-state index in [0.717, 1.165) is 19.3 Å². The lowest BCUT2D eigenvalue weighted by Gasteiger charge is -2.12. The number of carbonyl (C=O) groups excluding carboxylic acids is 2. The molecule has 1 aromatic rings. The first-order valence-electron chi connectivity index (χ1n) is 5.71. The quantitative estimate of drug-likeness (QED) is 0.574. The number of benzene rings is 1. The third-order valence-electron chi connectivity index (χ3n) is 2.86. The Morgan fingerprint density at radius 1 is 1.00 bits per heavy atom. The van der Waals surface area contributed by atoms with Crippen LogP contribution >= 0.6 is 0 Å². The SMILES string of the molecule is CCCCCN1C(=O)c2ccccc2C1=O. The number of imide groups is 1. The number of fused-ring (bicyclic) bond motifs is 1. The van der Waals surface area contributed by atoms with Crippen LogP contribution < -0.4 is 0 Å². The van der Waals surface area contributed by atoms with E-state index in [0.29, 0.717) is 17.7 Å². The highest BCUT2D eigenvalue weighted by molar-refractivity contribution is 6.21. The number of amides is 2. The zero-order valence-corrected chi connectivity index (χ0v) is 9.40. The monoisotopic (exact) mass is 217 g/mol. The van der Waals surface area contributed by atoms with Gasteiger partial charge >= 0.3 is 0 Å². The van der Waals surface area contributed by atoms with Crippen LogP contribution in [0.2, 0.25) is 0 Å². The minimum absolute atomic E-state index is 0.142. The molecule has 0 saturated carbocycles. The highest BCUT2D eigenvalue weighted by atomic mass is 16.2. The molecule has 0 radical (unpaired) electrons. The lowest BCUT2D eigenvalue weighted by molar-refractivity contribution is 0.0651. The minimum atomic E-state index is -0.142. The second-order valence-corrected chi connectivity index (χ2v) is 4.01. The van der Waals surface area contributed by atoms with E-state index in [4.69, 9.17) is 0 Å². The molecule has 2 rings (SSSR count). The second kappa shape index (κ2) is 4.47. The summed E-state index contributed by atoms with van der Waals surface area (Å²) in [5.74, 6) is -0.284. The average Bonchev–Trinajstić information content (AvgIpc) is 2.55. The fraction of sp³-hybridized carbons (Fsp3) is 0.385. The number of nitrogens with zero attached hydrogens (tertiary/aromatic N) is 1. The van der Waals surface area contributed by atoms with Gasteiger partial charge < -0.3 is 0 Å². The zero-order valence-electron chi connectivity index (χ0n) is 9.40. The zero-order chi connectivity index (χ0) is 11.5. The summed E-state index contributed by atoms with van der Waals surface area (Å²) >= 11 is 0. The van der Waals surface area contributed by atoms with Crippen LogP contribution in [0.5, 0.6) is 0 Å². The Labute approximate surface area is 95.1 Å². The van der Waals surface area contributed by atoms with E-state index in [1.54, 1.807) is 24.3 Å². The van der Waals surface area contributed by atoms with E-state index < -0.39 is 0 Å². The molecule has 0 bridgehead atoms. The molecule has 0 spiro atoms. The van der Waals surface area contributed by atoms with Gasteiger partial charge in [-0.1, -0.05) is 31.9 Å². The second-order valence-electron chi connectivity index (χ2n) is 4.01. The summed E-state index contributed by atoms with van der Waals surface area (Å²) in [6.07, 6.45) is 3.03. The fourth-order valence-electron chi connectivity index (χ4n) is 1.96. The van der Waals surface area contributed by atoms with Crippen molar-refractivity contribution in [3.63, 3.8) is 0 Å². The lowest BCUT2D eigenvalue weighted by atomic mass is 10.1. The van der Waals surface area contributed by atoms with Crippen LogP contribution in [0.25, 0.3) is 0 Å². The molecule has 0 atom stereocenters. The van der Waals surface area contributed by atoms with Gasteiger partial charge in [0, 0.05) is 6.54 Å². The molecule has 0 unspecified atom stereocenters. The van der Waals surface area contributed by atoms with Crippen LogP contribution in [-0.2, 0) is 0 Å². The topological polar surface area (TPSA) is 37.4 Å². The first-order chi connectivity index (χ1) is 7.75. The maximum atomic E-state index is 11.9. The van der Waals surface area contributed by atoms with Crippen molar-refractivity contribution in [2.75, 3.05) is 6.54 Å². The van der Waals surface area contributed by atoms with Crippen molar-refractivity contribution in [3.05, 3.63) is 35.4 Å². The van der Waals surface area contributed by atoms with Crippen molar-refractivity contribution in [1.29, 1.82) is 0 Å². The van der Waals surface area contributed by atoms with E-state index in [2.05, 4.69) is 6.92 Å². The van der Waals surface area contributed by atoms with Gasteiger partial charge in [-0.2, -0.15) is 0 Å². The number of hydrogen-bond acceptors (Lipinski definition) is 2. The third kappa shape index (κ3) is 1.73. The molecule has 3 heteroatoms. The van der Waals surface area contributed by atoms with Gasteiger partial charge in [-0.25, -0.2) is 0 Å². The van der Waals surface area contributed by atoms with Gasteiger partial charge in [-0.05, 0) is 18.6 Å². The van der Waals surface area contributed by atoms with E-state index in [1.165, 1.54) is 4.90 Å². The highest BCUT2D eigenvalue weighted by Crippen LogP contribution is 2.22. The minimum Gasteiger partial charge on any atom is -0.274 e. The molecule has 1 aliphatic rings. The summed E-state index contributed by atoms with van der Waals surface area (Å²) in [6.45, 7) is 2.64. The van der Waals surface area contributed by atoms with Crippen molar-refractivity contribution in [2.24, 2.45) is 0 Å². The standard InChI is InChI=1S/C13H15NO2/c1-2-3-6-9-14-12(15)10-7-4-5-8-11(10)13(14)16/h4-5,7-8H,2-3,6,9H2,1H3. The van der Waals surface area contributed by atoms with E-state index in [9.17, 15) is 9.59 Å². The van der Waals surface area contributed by atoms with Gasteiger partial charge in [-0.3, -0.25) is 14.5 Å². The molecule has 84 valence electrons. The molecule has 2 amide bonds. The number of rotatable bonds is 4. The van der Waals surface area contributed by atoms with Gasteiger partial charge in [0.15, 0.2) is 0 Å². The predicted octanol–water partition coefficient (Wildman–Crippen LogP) is 2.47. The Kier molecular flexibility index (Phi) is 3.04. The van der Waals surface area contributed by atoms with Gasteiger partial charge in [0.2, 0.25) is 0 Å². The first kappa shape index (κ1) is 10.9. The first-order valence-corrected chi connectivity index (χ1v) is 5.71. The molecular weight excluding hydrogens is 202 g/mol. The number of carbonyl (C=O) groups is 2. The smallest absolute Gasteiger partial charge is 0.261 e. The third-order valence-corrected chi connectivity index (χ3v) is 2.86. The lowest BCUT2D eigenvalue weighted by Crippen LogP contribution is -2.30. The Balaban J connectivity index is 2.15. The van der Waals surface area contributed by atoms with E-state index in [1.807, 2.05) is 0 Å². The van der Waals surface area contributed by atoms with Crippen LogP contribution in [0, 0.1) is 0 Å². The maximum Gasteiger partial charge on any atom is 0.261 e. The molecule has 16 heavy (non-hydrogen) atoms. The molecule has 0 aromatic heterocycles.